The van der Waals surface area contributed by atoms with Crippen LogP contribution in [-0.4, -0.2) is 55.1 Å². The second kappa shape index (κ2) is 16.5. The molecule has 0 atom stereocenters. The summed E-state index contributed by atoms with van der Waals surface area (Å²) in [5.74, 6) is 0.544. The van der Waals surface area contributed by atoms with Gasteiger partial charge in [-0.2, -0.15) is 0 Å². The number of hydrogen-bond donors (Lipinski definition) is 2. The fraction of sp³-hybridized carbons (Fsp3) is 0.682. The molecule has 1 aliphatic rings. The zero-order valence-corrected chi connectivity index (χ0v) is 19.6. The molecule has 6 nitrogen and oxygen atoms in total. The number of carboxylic acid groups (broad SMARTS) is 1. The minimum Gasteiger partial charge on any atom is -1.00 e. The monoisotopic (exact) mass is 473 g/mol. The smallest absolute Gasteiger partial charge is 0.142 e. The van der Waals surface area contributed by atoms with Crippen LogP contribution in [0.15, 0.2) is 24.3 Å². The Morgan fingerprint density at radius 1 is 1.10 bits per heavy atom. The van der Waals surface area contributed by atoms with Crippen molar-refractivity contribution >= 4 is 11.8 Å². The molecule has 168 valence electrons. The average Bonchev–Trinajstić information content (AvgIpc) is 2.68. The maximum absolute atomic E-state index is 10.4. The molecule has 0 saturated carbocycles. The summed E-state index contributed by atoms with van der Waals surface area (Å²) < 4.78 is 6.67. The molecule has 1 aliphatic heterocycles. The van der Waals surface area contributed by atoms with E-state index in [1.807, 2.05) is 0 Å². The van der Waals surface area contributed by atoms with Crippen LogP contribution in [0.4, 0.5) is 10.5 Å². The third kappa shape index (κ3) is 11.5. The van der Waals surface area contributed by atoms with Crippen LogP contribution >= 0.6 is 0 Å². The molecule has 2 N–H and O–H groups in total. The highest BCUT2D eigenvalue weighted by Crippen LogP contribution is 2.23. The molecule has 2 rings (SSSR count). The lowest BCUT2D eigenvalue weighted by atomic mass is 10.1. The maximum Gasteiger partial charge on any atom is 0.142 e. The van der Waals surface area contributed by atoms with Crippen molar-refractivity contribution in [2.75, 3.05) is 44.7 Å². The summed E-state index contributed by atoms with van der Waals surface area (Å²) in [5, 5.41) is 21.6. The van der Waals surface area contributed by atoms with Gasteiger partial charge in [0.25, 0.3) is 0 Å². The number of likely N-dealkylation sites (tertiary alicyclic amines) is 1. The molecule has 0 aliphatic carbocycles. The number of piperidine rings is 1. The molecule has 1 heterocycles. The van der Waals surface area contributed by atoms with Crippen molar-refractivity contribution < 1.29 is 41.2 Å². The predicted octanol–water partition coefficient (Wildman–Crippen LogP) is 0.404. The molecule has 0 bridgehead atoms. The number of carbonyl (C=O) groups excluding carboxylic acids is 1. The highest BCUT2D eigenvalue weighted by atomic mass is 79.9. The van der Waals surface area contributed by atoms with E-state index in [4.69, 9.17) is 9.84 Å². The Hall–Kier alpha value is -1.31. The number of nitrogens with one attached hydrogen (secondary N) is 1. The summed E-state index contributed by atoms with van der Waals surface area (Å²) in [6.45, 7) is 10.2. The minimum absolute atomic E-state index is 0. The van der Waals surface area contributed by atoms with Crippen LogP contribution in [0.5, 0.6) is 5.75 Å². The summed E-state index contributed by atoms with van der Waals surface area (Å²) >= 11 is 0. The Morgan fingerprint density at radius 2 is 1.79 bits per heavy atom. The zero-order chi connectivity index (χ0) is 20.7. The largest absolute Gasteiger partial charge is 1.00 e. The van der Waals surface area contributed by atoms with Crippen molar-refractivity contribution in [1.29, 1.82) is 0 Å². The van der Waals surface area contributed by atoms with E-state index in [9.17, 15) is 9.90 Å². The Balaban J connectivity index is 0.000000542. The van der Waals surface area contributed by atoms with Gasteiger partial charge in [0.15, 0.2) is 0 Å². The Labute approximate surface area is 186 Å². The number of para-hydroxylation sites is 2. The van der Waals surface area contributed by atoms with E-state index >= 15 is 0 Å². The number of amides is 1. The minimum atomic E-state index is -1.33. The van der Waals surface area contributed by atoms with Gasteiger partial charge in [0.2, 0.25) is 0 Å². The molecular formula is C22H38BrN2O4-. The lowest BCUT2D eigenvalue weighted by Crippen LogP contribution is -3.00. The number of aliphatic hydroxyl groups is 1. The van der Waals surface area contributed by atoms with E-state index in [1.54, 1.807) is 24.3 Å². The summed E-state index contributed by atoms with van der Waals surface area (Å²) in [6.07, 6.45) is 7.24. The number of anilines is 1. The lowest BCUT2D eigenvalue weighted by molar-refractivity contribution is -0.932. The van der Waals surface area contributed by atoms with Crippen LogP contribution in [0.25, 0.3) is 0 Å². The van der Waals surface area contributed by atoms with Gasteiger partial charge in [-0.3, -0.25) is 0 Å². The molecule has 0 spiro atoms. The SMILES string of the molecule is CCCCCOc1ccccc1NC(=O)[O-].CCC[N+]1(CCO)CCCCC1.[Br-]. The van der Waals surface area contributed by atoms with Crippen molar-refractivity contribution in [3.63, 3.8) is 0 Å². The highest BCUT2D eigenvalue weighted by Gasteiger charge is 2.27. The average molecular weight is 474 g/mol. The number of aliphatic hydroxyl groups excluding tert-OH is 1. The number of benzene rings is 1. The number of carbonyl (C=O) groups is 1. The number of unbranched alkanes of at least 4 members (excludes halogenated alkanes) is 2. The fourth-order valence-electron chi connectivity index (χ4n) is 3.77. The first-order valence-electron chi connectivity index (χ1n) is 10.7. The maximum atomic E-state index is 10.4. The molecule has 0 aromatic heterocycles. The summed E-state index contributed by atoms with van der Waals surface area (Å²) in [6, 6.07) is 6.92. The van der Waals surface area contributed by atoms with Crippen molar-refractivity contribution in [3.8, 4) is 5.75 Å². The van der Waals surface area contributed by atoms with Crippen LogP contribution < -0.4 is 32.1 Å². The van der Waals surface area contributed by atoms with Crippen molar-refractivity contribution in [2.24, 2.45) is 0 Å². The van der Waals surface area contributed by atoms with Crippen LogP contribution in [0.3, 0.4) is 0 Å². The lowest BCUT2D eigenvalue weighted by Gasteiger charge is -2.41. The van der Waals surface area contributed by atoms with Crippen molar-refractivity contribution in [1.82, 2.24) is 0 Å². The number of rotatable bonds is 10. The molecule has 1 amide bonds. The van der Waals surface area contributed by atoms with Crippen molar-refractivity contribution in [2.45, 2.75) is 58.8 Å². The molecule has 29 heavy (non-hydrogen) atoms. The molecule has 1 fully saturated rings. The quantitative estimate of drug-likeness (QED) is 0.380. The predicted molar refractivity (Wildman–Crippen MR) is 111 cm³/mol. The van der Waals surface area contributed by atoms with Crippen LogP contribution in [0, 0.1) is 0 Å². The Morgan fingerprint density at radius 3 is 2.38 bits per heavy atom. The number of halogens is 1. The summed E-state index contributed by atoms with van der Waals surface area (Å²) in [5.41, 5.74) is 0.430. The van der Waals surface area contributed by atoms with E-state index in [-0.39, 0.29) is 17.0 Å². The van der Waals surface area contributed by atoms with Crippen molar-refractivity contribution in [3.05, 3.63) is 24.3 Å². The van der Waals surface area contributed by atoms with E-state index in [0.717, 1.165) is 25.8 Å². The first kappa shape index (κ1) is 27.7. The second-order valence-corrected chi connectivity index (χ2v) is 7.48. The number of nitrogens with zero attached hydrogens (tertiary/aromatic N) is 1. The Kier molecular flexibility index (Phi) is 15.7. The van der Waals surface area contributed by atoms with Crippen LogP contribution in [-0.2, 0) is 0 Å². The first-order valence-corrected chi connectivity index (χ1v) is 10.7. The van der Waals surface area contributed by atoms with Gasteiger partial charge >= 0.3 is 0 Å². The third-order valence-corrected chi connectivity index (χ3v) is 5.17. The highest BCUT2D eigenvalue weighted by molar-refractivity contribution is 5.83. The van der Waals surface area contributed by atoms with Gasteiger partial charge in [-0.25, -0.2) is 0 Å². The van der Waals surface area contributed by atoms with Gasteiger partial charge < -0.3 is 46.5 Å². The number of hydrogen-bond acceptors (Lipinski definition) is 4. The van der Waals surface area contributed by atoms with Crippen LogP contribution in [0.1, 0.15) is 58.8 Å². The van der Waals surface area contributed by atoms with Crippen LogP contribution in [0.2, 0.25) is 0 Å². The molecule has 1 aromatic carbocycles. The normalized spacial score (nSPS) is 14.7. The standard InChI is InChI=1S/C12H17NO3.C10H22NO.BrH/c1-2-3-6-9-16-11-8-5-4-7-10(11)13-12(14)15;1-2-6-11(9-10-12)7-4-3-5-8-11;/h4-5,7-8,13H,2-3,6,9H2,1H3,(H,14,15);12H,2-10H2,1H3;1H/q;+1;/p-2. The topological polar surface area (TPSA) is 81.6 Å². The van der Waals surface area contributed by atoms with E-state index < -0.39 is 6.09 Å². The first-order chi connectivity index (χ1) is 13.6. The van der Waals surface area contributed by atoms with E-state index in [2.05, 4.69) is 19.2 Å². The summed E-state index contributed by atoms with van der Waals surface area (Å²) in [4.78, 5) is 10.4. The van der Waals surface area contributed by atoms with Gasteiger partial charge in [0, 0.05) is 0 Å². The fourth-order valence-corrected chi connectivity index (χ4v) is 3.77. The van der Waals surface area contributed by atoms with Gasteiger partial charge in [-0.15, -0.1) is 0 Å². The number of quaternary nitrogens is 1. The van der Waals surface area contributed by atoms with Gasteiger partial charge in [-0.1, -0.05) is 38.8 Å². The number of ether oxygens (including phenoxy) is 1. The second-order valence-electron chi connectivity index (χ2n) is 7.48. The zero-order valence-electron chi connectivity index (χ0n) is 18.0. The third-order valence-electron chi connectivity index (χ3n) is 5.17. The van der Waals surface area contributed by atoms with Gasteiger partial charge in [0.05, 0.1) is 38.5 Å². The Bertz CT molecular complexity index is 536. The van der Waals surface area contributed by atoms with Gasteiger partial charge in [0.1, 0.15) is 18.4 Å². The molecule has 0 unspecified atom stereocenters. The summed E-state index contributed by atoms with van der Waals surface area (Å²) in [7, 11) is 0. The molecule has 1 aromatic rings. The van der Waals surface area contributed by atoms with E-state index in [1.165, 1.54) is 49.8 Å². The van der Waals surface area contributed by atoms with Gasteiger partial charge in [-0.05, 0) is 44.2 Å². The molecule has 0 radical (unpaired) electrons. The molecular weight excluding hydrogens is 436 g/mol. The van der Waals surface area contributed by atoms with E-state index in [0.29, 0.717) is 24.7 Å². The molecule has 7 heteroatoms. The molecule has 1 saturated heterocycles.